The molecule has 1 unspecified atom stereocenters. The lowest BCUT2D eigenvalue weighted by Gasteiger charge is -2.41. The molecule has 1 aromatic rings. The summed E-state index contributed by atoms with van der Waals surface area (Å²) in [6, 6.07) is 10.8. The Hall–Kier alpha value is -0.795. The van der Waals surface area contributed by atoms with Gasteiger partial charge in [-0.15, -0.1) is 0 Å². The molecule has 128 valence electrons. The Labute approximate surface area is 143 Å². The van der Waals surface area contributed by atoms with E-state index in [4.69, 9.17) is 9.31 Å². The summed E-state index contributed by atoms with van der Waals surface area (Å²) in [7, 11) is -0.204. The number of hydrogen-bond donors (Lipinski definition) is 0. The monoisotopic (exact) mass is 316 g/mol. The standard InChI is InChI=1S/C20H33BO2/c1-8-16(9-2)20(10-3,17-14-12-11-13-15-17)21-22-18(4,5)19(6,7)23-21/h11-16H,8-10H2,1-7H3. The van der Waals surface area contributed by atoms with Crippen LogP contribution >= 0.6 is 0 Å². The van der Waals surface area contributed by atoms with E-state index >= 15 is 0 Å². The van der Waals surface area contributed by atoms with Crippen LogP contribution in [0, 0.1) is 5.92 Å². The lowest BCUT2D eigenvalue weighted by molar-refractivity contribution is 0.00578. The molecule has 0 aromatic heterocycles. The summed E-state index contributed by atoms with van der Waals surface area (Å²) in [5.74, 6) is 0.532. The highest BCUT2D eigenvalue weighted by molar-refractivity contribution is 6.50. The van der Waals surface area contributed by atoms with Crippen LogP contribution in [-0.2, 0) is 14.6 Å². The first-order valence-corrected chi connectivity index (χ1v) is 9.16. The summed E-state index contributed by atoms with van der Waals surface area (Å²) in [5, 5.41) is -0.101. The SMILES string of the molecule is CCC(CC)C(CC)(B1OC(C)(C)C(C)(C)O1)c1ccccc1. The van der Waals surface area contributed by atoms with Gasteiger partial charge in [0.2, 0.25) is 0 Å². The maximum Gasteiger partial charge on any atom is 0.469 e. The molecule has 1 atom stereocenters. The van der Waals surface area contributed by atoms with Crippen LogP contribution in [-0.4, -0.2) is 18.3 Å². The molecule has 0 spiro atoms. The Kier molecular flexibility index (Phi) is 5.32. The second kappa shape index (κ2) is 6.60. The van der Waals surface area contributed by atoms with E-state index in [1.807, 2.05) is 0 Å². The molecule has 0 N–H and O–H groups in total. The van der Waals surface area contributed by atoms with Crippen LogP contribution in [0.3, 0.4) is 0 Å². The minimum absolute atomic E-state index is 0.101. The van der Waals surface area contributed by atoms with E-state index in [9.17, 15) is 0 Å². The van der Waals surface area contributed by atoms with Gasteiger partial charge >= 0.3 is 7.12 Å². The second-order valence-corrected chi connectivity index (χ2v) is 7.86. The molecule has 3 heteroatoms. The Morgan fingerprint density at radius 2 is 1.39 bits per heavy atom. The van der Waals surface area contributed by atoms with E-state index in [2.05, 4.69) is 78.8 Å². The van der Waals surface area contributed by atoms with Gasteiger partial charge in [-0.25, -0.2) is 0 Å². The summed E-state index contributed by atoms with van der Waals surface area (Å²) in [6.45, 7) is 15.4. The Morgan fingerprint density at radius 3 is 1.78 bits per heavy atom. The first-order valence-electron chi connectivity index (χ1n) is 9.16. The van der Waals surface area contributed by atoms with Crippen LogP contribution in [0.5, 0.6) is 0 Å². The summed E-state index contributed by atoms with van der Waals surface area (Å²) < 4.78 is 13.1. The second-order valence-electron chi connectivity index (χ2n) is 7.86. The Morgan fingerprint density at radius 1 is 0.913 bits per heavy atom. The van der Waals surface area contributed by atoms with Crippen molar-refractivity contribution in [2.24, 2.45) is 5.92 Å². The molecule has 0 amide bonds. The van der Waals surface area contributed by atoms with Crippen molar-refractivity contribution in [3.63, 3.8) is 0 Å². The number of hydrogen-bond acceptors (Lipinski definition) is 2. The lowest BCUT2D eigenvalue weighted by Crippen LogP contribution is -2.50. The molecule has 2 nitrogen and oxygen atoms in total. The predicted molar refractivity (Wildman–Crippen MR) is 98.6 cm³/mol. The fourth-order valence-electron chi connectivity index (χ4n) is 4.04. The zero-order chi connectivity index (χ0) is 17.3. The number of rotatable bonds is 6. The molecule has 1 aliphatic rings. The van der Waals surface area contributed by atoms with E-state index in [-0.39, 0.29) is 23.6 Å². The maximum atomic E-state index is 6.54. The van der Waals surface area contributed by atoms with Crippen LogP contribution in [0.1, 0.15) is 73.3 Å². The highest BCUT2D eigenvalue weighted by Gasteiger charge is 2.61. The highest BCUT2D eigenvalue weighted by atomic mass is 16.7. The molecule has 1 fully saturated rings. The topological polar surface area (TPSA) is 18.5 Å². The first-order chi connectivity index (χ1) is 10.7. The summed E-state index contributed by atoms with van der Waals surface area (Å²) in [5.41, 5.74) is 0.757. The van der Waals surface area contributed by atoms with Gasteiger partial charge in [0.15, 0.2) is 0 Å². The third-order valence-corrected chi connectivity index (χ3v) is 6.28. The third-order valence-electron chi connectivity index (χ3n) is 6.28. The minimum Gasteiger partial charge on any atom is -0.403 e. The van der Waals surface area contributed by atoms with Crippen LogP contribution in [0.2, 0.25) is 0 Å². The van der Waals surface area contributed by atoms with E-state index in [0.717, 1.165) is 19.3 Å². The van der Waals surface area contributed by atoms with E-state index in [0.29, 0.717) is 5.92 Å². The zero-order valence-electron chi connectivity index (χ0n) is 16.0. The average Bonchev–Trinajstić information content (AvgIpc) is 2.74. The predicted octanol–water partition coefficient (Wildman–Crippen LogP) is 5.40. The zero-order valence-corrected chi connectivity index (χ0v) is 16.0. The Bertz CT molecular complexity index is 492. The molecule has 0 bridgehead atoms. The summed E-state index contributed by atoms with van der Waals surface area (Å²) >= 11 is 0. The first kappa shape index (κ1) is 18.5. The van der Waals surface area contributed by atoms with Gasteiger partial charge in [-0.2, -0.15) is 0 Å². The van der Waals surface area contributed by atoms with E-state index in [1.54, 1.807) is 0 Å². The fraction of sp³-hybridized carbons (Fsp3) is 0.700. The average molecular weight is 316 g/mol. The van der Waals surface area contributed by atoms with Crippen molar-refractivity contribution in [2.75, 3.05) is 0 Å². The van der Waals surface area contributed by atoms with Crippen LogP contribution < -0.4 is 0 Å². The highest BCUT2D eigenvalue weighted by Crippen LogP contribution is 2.49. The summed E-state index contributed by atoms with van der Waals surface area (Å²) in [4.78, 5) is 0. The fourth-order valence-corrected chi connectivity index (χ4v) is 4.04. The number of benzene rings is 1. The quantitative estimate of drug-likeness (QED) is 0.654. The van der Waals surface area contributed by atoms with Gasteiger partial charge in [0, 0.05) is 5.31 Å². The molecule has 2 rings (SSSR count). The molecule has 1 saturated heterocycles. The third kappa shape index (κ3) is 2.98. The van der Waals surface area contributed by atoms with E-state index in [1.165, 1.54) is 5.56 Å². The lowest BCUT2D eigenvalue weighted by atomic mass is 9.46. The van der Waals surface area contributed by atoms with Gasteiger partial charge in [0.1, 0.15) is 0 Å². The van der Waals surface area contributed by atoms with Crippen molar-refractivity contribution in [1.29, 1.82) is 0 Å². The molecule has 0 saturated carbocycles. The minimum atomic E-state index is -0.293. The van der Waals surface area contributed by atoms with Gasteiger partial charge in [0.05, 0.1) is 11.2 Å². The molecule has 1 aromatic carbocycles. The smallest absolute Gasteiger partial charge is 0.403 e. The molecule has 1 aliphatic heterocycles. The molecule has 0 radical (unpaired) electrons. The van der Waals surface area contributed by atoms with Gasteiger partial charge in [-0.05, 0) is 45.6 Å². The summed E-state index contributed by atoms with van der Waals surface area (Å²) in [6.07, 6.45) is 3.27. The van der Waals surface area contributed by atoms with Crippen LogP contribution in [0.15, 0.2) is 30.3 Å². The molecule has 0 aliphatic carbocycles. The van der Waals surface area contributed by atoms with Crippen molar-refractivity contribution in [2.45, 2.75) is 84.2 Å². The van der Waals surface area contributed by atoms with Gasteiger partial charge in [-0.1, -0.05) is 63.9 Å². The van der Waals surface area contributed by atoms with Crippen molar-refractivity contribution >= 4 is 7.12 Å². The largest absolute Gasteiger partial charge is 0.469 e. The van der Waals surface area contributed by atoms with E-state index < -0.39 is 0 Å². The van der Waals surface area contributed by atoms with Gasteiger partial charge in [0.25, 0.3) is 0 Å². The Balaban J connectivity index is 2.55. The van der Waals surface area contributed by atoms with Crippen molar-refractivity contribution < 1.29 is 9.31 Å². The van der Waals surface area contributed by atoms with Crippen molar-refractivity contribution in [1.82, 2.24) is 0 Å². The molecule has 1 heterocycles. The van der Waals surface area contributed by atoms with Crippen molar-refractivity contribution in [3.05, 3.63) is 35.9 Å². The van der Waals surface area contributed by atoms with Gasteiger partial charge in [-0.3, -0.25) is 0 Å². The maximum absolute atomic E-state index is 6.54. The molecular formula is C20H33BO2. The molecular weight excluding hydrogens is 283 g/mol. The van der Waals surface area contributed by atoms with Crippen LogP contribution in [0.4, 0.5) is 0 Å². The van der Waals surface area contributed by atoms with Crippen molar-refractivity contribution in [3.8, 4) is 0 Å². The normalized spacial score (nSPS) is 22.3. The van der Waals surface area contributed by atoms with Crippen LogP contribution in [0.25, 0.3) is 0 Å². The molecule has 23 heavy (non-hydrogen) atoms. The van der Waals surface area contributed by atoms with Gasteiger partial charge < -0.3 is 9.31 Å².